The first-order valence-electron chi connectivity index (χ1n) is 10.4. The molecular weight excluding hydrogens is 385 g/mol. The topological polar surface area (TPSA) is 95.1 Å². The van der Waals surface area contributed by atoms with Gasteiger partial charge in [-0.05, 0) is 36.8 Å². The Morgan fingerprint density at radius 3 is 2.70 bits per heavy atom. The van der Waals surface area contributed by atoms with E-state index in [0.29, 0.717) is 55.3 Å². The van der Waals surface area contributed by atoms with Gasteiger partial charge in [0.2, 0.25) is 5.89 Å². The number of anilines is 1. The molecule has 30 heavy (non-hydrogen) atoms. The molecule has 0 spiro atoms. The van der Waals surface area contributed by atoms with Crippen LogP contribution >= 0.6 is 0 Å². The molecule has 1 saturated carbocycles. The summed E-state index contributed by atoms with van der Waals surface area (Å²) < 4.78 is 18.5. The van der Waals surface area contributed by atoms with Crippen molar-refractivity contribution in [3.8, 4) is 6.07 Å². The summed E-state index contributed by atoms with van der Waals surface area (Å²) in [6.45, 7) is 7.19. The van der Waals surface area contributed by atoms with Gasteiger partial charge in [0.25, 0.3) is 0 Å². The van der Waals surface area contributed by atoms with E-state index in [1.165, 1.54) is 0 Å². The zero-order valence-corrected chi connectivity index (χ0v) is 17.5. The Morgan fingerprint density at radius 1 is 1.40 bits per heavy atom. The first-order valence-corrected chi connectivity index (χ1v) is 10.4. The summed E-state index contributed by atoms with van der Waals surface area (Å²) in [5.41, 5.74) is 1.67. The van der Waals surface area contributed by atoms with Crippen LogP contribution in [0.2, 0.25) is 0 Å². The minimum Gasteiger partial charge on any atom is -0.339 e. The van der Waals surface area contributed by atoms with Gasteiger partial charge in [-0.2, -0.15) is 10.2 Å². The van der Waals surface area contributed by atoms with Gasteiger partial charge in [0.1, 0.15) is 12.2 Å². The third-order valence-corrected chi connectivity index (χ3v) is 6.24. The number of nitriles is 1. The molecule has 8 heteroatoms. The number of hydrogen-bond donors (Lipinski definition) is 1. The van der Waals surface area contributed by atoms with Crippen molar-refractivity contribution in [2.45, 2.75) is 63.5 Å². The number of piperidine rings is 1. The van der Waals surface area contributed by atoms with E-state index in [4.69, 9.17) is 4.52 Å². The summed E-state index contributed by atoms with van der Waals surface area (Å²) >= 11 is 0. The summed E-state index contributed by atoms with van der Waals surface area (Å²) in [7, 11) is 0. The second-order valence-corrected chi connectivity index (χ2v) is 8.83. The smallest absolute Gasteiger partial charge is 0.321 e. The number of nitrogens with one attached hydrogen (secondary N) is 1. The molecule has 1 aliphatic heterocycles. The highest BCUT2D eigenvalue weighted by atomic mass is 19.1. The lowest BCUT2D eigenvalue weighted by atomic mass is 9.80. The molecule has 4 rings (SSSR count). The van der Waals surface area contributed by atoms with Crippen molar-refractivity contribution in [2.24, 2.45) is 0 Å². The lowest BCUT2D eigenvalue weighted by molar-refractivity contribution is 0.169. The highest BCUT2D eigenvalue weighted by Gasteiger charge is 2.45. The third kappa shape index (κ3) is 3.76. The molecule has 1 aliphatic carbocycles. The molecule has 7 nitrogen and oxygen atoms in total. The first kappa shape index (κ1) is 20.3. The van der Waals surface area contributed by atoms with Gasteiger partial charge in [0, 0.05) is 18.5 Å². The Kier molecular flexibility index (Phi) is 5.22. The van der Waals surface area contributed by atoms with Crippen LogP contribution in [0.15, 0.2) is 22.7 Å². The SMILES string of the molecule is CC(C)c1cccc(C#N)c1NC(=O)N1CCC(C)(c2noc([C@@H]3C[C@@H]3F)n2)CC1. The fraction of sp³-hybridized carbons (Fsp3) is 0.545. The number of alkyl halides is 1. The first-order chi connectivity index (χ1) is 14.3. The number of amides is 2. The van der Waals surface area contributed by atoms with Gasteiger partial charge in [-0.25, -0.2) is 9.18 Å². The molecule has 0 radical (unpaired) electrons. The zero-order valence-electron chi connectivity index (χ0n) is 17.5. The van der Waals surface area contributed by atoms with Crippen molar-refractivity contribution < 1.29 is 13.7 Å². The summed E-state index contributed by atoms with van der Waals surface area (Å²) in [5, 5.41) is 16.5. The number of carbonyl (C=O) groups excluding carboxylic acids is 1. The van der Waals surface area contributed by atoms with Crippen LogP contribution < -0.4 is 5.32 Å². The van der Waals surface area contributed by atoms with Gasteiger partial charge in [-0.3, -0.25) is 0 Å². The number of nitrogens with zero attached hydrogens (tertiary/aromatic N) is 4. The monoisotopic (exact) mass is 411 g/mol. The number of halogens is 1. The van der Waals surface area contributed by atoms with Crippen molar-refractivity contribution in [3.63, 3.8) is 0 Å². The number of likely N-dealkylation sites (tertiary alicyclic amines) is 1. The standard InChI is InChI=1S/C22H26FN5O2/c1-13(2)15-6-4-5-14(12-24)18(15)25-21(29)28-9-7-22(3,8-10-28)20-26-19(30-27-20)16-11-17(16)23/h4-6,13,16-17H,7-11H2,1-3H3,(H,25,29)/t16-,17+/m1/s1. The van der Waals surface area contributed by atoms with E-state index in [9.17, 15) is 14.4 Å². The summed E-state index contributed by atoms with van der Waals surface area (Å²) in [5.74, 6) is 0.902. The fourth-order valence-corrected chi connectivity index (χ4v) is 3.95. The van der Waals surface area contributed by atoms with Gasteiger partial charge in [0.05, 0.1) is 17.2 Å². The number of aromatic nitrogens is 2. The van der Waals surface area contributed by atoms with E-state index in [1.807, 2.05) is 26.0 Å². The molecule has 0 unspecified atom stereocenters. The normalized spacial score (nSPS) is 22.6. The third-order valence-electron chi connectivity index (χ3n) is 6.24. The zero-order chi connectivity index (χ0) is 21.5. The van der Waals surface area contributed by atoms with E-state index < -0.39 is 6.17 Å². The molecule has 0 bridgehead atoms. The van der Waals surface area contributed by atoms with Crippen molar-refractivity contribution in [1.29, 1.82) is 5.26 Å². The van der Waals surface area contributed by atoms with Gasteiger partial charge in [-0.15, -0.1) is 0 Å². The van der Waals surface area contributed by atoms with Crippen LogP contribution in [0.1, 0.15) is 74.7 Å². The number of hydrogen-bond acceptors (Lipinski definition) is 5. The lowest BCUT2D eigenvalue weighted by Gasteiger charge is -2.37. The number of para-hydroxylation sites is 1. The molecule has 158 valence electrons. The Hall–Kier alpha value is -2.95. The molecule has 2 fully saturated rings. The molecule has 1 saturated heterocycles. The fourth-order valence-electron chi connectivity index (χ4n) is 3.95. The molecular formula is C22H26FN5O2. The number of carbonyl (C=O) groups is 1. The summed E-state index contributed by atoms with van der Waals surface area (Å²) in [6.07, 6.45) is 0.943. The molecule has 1 aromatic heterocycles. The minimum atomic E-state index is -0.872. The largest absolute Gasteiger partial charge is 0.339 e. The average Bonchev–Trinajstić information content (AvgIpc) is 3.25. The molecule has 2 atom stereocenters. The number of urea groups is 1. The van der Waals surface area contributed by atoms with E-state index in [0.717, 1.165) is 5.56 Å². The van der Waals surface area contributed by atoms with E-state index in [2.05, 4.69) is 28.5 Å². The van der Waals surface area contributed by atoms with Gasteiger partial charge >= 0.3 is 6.03 Å². The van der Waals surface area contributed by atoms with E-state index >= 15 is 0 Å². The minimum absolute atomic E-state index is 0.182. The van der Waals surface area contributed by atoms with Crippen LogP contribution in [0.25, 0.3) is 0 Å². The average molecular weight is 411 g/mol. The van der Waals surface area contributed by atoms with Crippen molar-refractivity contribution in [2.75, 3.05) is 18.4 Å². The maximum absolute atomic E-state index is 13.3. The summed E-state index contributed by atoms with van der Waals surface area (Å²) in [4.78, 5) is 19.1. The van der Waals surface area contributed by atoms with Gasteiger partial charge < -0.3 is 14.7 Å². The van der Waals surface area contributed by atoms with E-state index in [1.54, 1.807) is 11.0 Å². The second kappa shape index (κ2) is 7.71. The van der Waals surface area contributed by atoms with Crippen molar-refractivity contribution >= 4 is 11.7 Å². The molecule has 2 aromatic rings. The van der Waals surface area contributed by atoms with Crippen molar-refractivity contribution in [3.05, 3.63) is 41.0 Å². The van der Waals surface area contributed by atoms with Crippen LogP contribution in [0.4, 0.5) is 14.9 Å². The van der Waals surface area contributed by atoms with Crippen LogP contribution in [0.5, 0.6) is 0 Å². The van der Waals surface area contributed by atoms with E-state index in [-0.39, 0.29) is 23.3 Å². The molecule has 1 N–H and O–H groups in total. The predicted octanol–water partition coefficient (Wildman–Crippen LogP) is 4.48. The highest BCUT2D eigenvalue weighted by molar-refractivity contribution is 5.92. The second-order valence-electron chi connectivity index (χ2n) is 8.83. The van der Waals surface area contributed by atoms with Crippen LogP contribution in [0.3, 0.4) is 0 Å². The van der Waals surface area contributed by atoms with Crippen molar-refractivity contribution in [1.82, 2.24) is 15.0 Å². The predicted molar refractivity (Wildman–Crippen MR) is 109 cm³/mol. The van der Waals surface area contributed by atoms with Crippen LogP contribution in [-0.2, 0) is 5.41 Å². The van der Waals surface area contributed by atoms with Gasteiger partial charge in [0.15, 0.2) is 5.82 Å². The maximum Gasteiger partial charge on any atom is 0.321 e. The van der Waals surface area contributed by atoms with Crippen LogP contribution in [-0.4, -0.2) is 40.3 Å². The summed E-state index contributed by atoms with van der Waals surface area (Å²) in [6, 6.07) is 7.43. The molecule has 2 amide bonds. The molecule has 2 heterocycles. The number of rotatable bonds is 4. The van der Waals surface area contributed by atoms with Gasteiger partial charge in [-0.1, -0.05) is 38.1 Å². The Labute approximate surface area is 175 Å². The Balaban J connectivity index is 1.43. The number of benzene rings is 1. The highest BCUT2D eigenvalue weighted by Crippen LogP contribution is 2.43. The molecule has 1 aromatic carbocycles. The van der Waals surface area contributed by atoms with Crippen LogP contribution in [0, 0.1) is 11.3 Å². The molecule has 2 aliphatic rings. The maximum atomic E-state index is 13.3. The lowest BCUT2D eigenvalue weighted by Crippen LogP contribution is -2.46. The Morgan fingerprint density at radius 2 is 2.10 bits per heavy atom. The Bertz CT molecular complexity index is 988. The quantitative estimate of drug-likeness (QED) is 0.801.